The van der Waals surface area contributed by atoms with Crippen LogP contribution in [0.1, 0.15) is 39.0 Å². The van der Waals surface area contributed by atoms with Crippen molar-refractivity contribution >= 4 is 15.8 Å². The lowest BCUT2D eigenvalue weighted by molar-refractivity contribution is 0.346. The molecule has 1 aromatic heterocycles. The lowest BCUT2D eigenvalue weighted by atomic mass is 10.0. The van der Waals surface area contributed by atoms with Gasteiger partial charge >= 0.3 is 0 Å². The number of rotatable bonds is 3. The number of sulfonamides is 1. The normalized spacial score (nSPS) is 24.4. The van der Waals surface area contributed by atoms with Crippen molar-refractivity contribution in [1.82, 2.24) is 9.29 Å². The first kappa shape index (κ1) is 15.7. The second-order valence-electron chi connectivity index (χ2n) is 6.51. The first-order valence-corrected chi connectivity index (χ1v) is 9.72. The number of anilines is 1. The molecule has 2 fully saturated rings. The maximum absolute atomic E-state index is 12.6. The van der Waals surface area contributed by atoms with Gasteiger partial charge in [0.15, 0.2) is 0 Å². The van der Waals surface area contributed by atoms with E-state index in [1.165, 1.54) is 19.0 Å². The molecule has 1 aromatic rings. The molecule has 0 bridgehead atoms. The quantitative estimate of drug-likeness (QED) is 0.857. The molecule has 0 spiro atoms. The third-order valence-electron chi connectivity index (χ3n) is 4.65. The number of hydrogen-bond acceptors (Lipinski definition) is 4. The molecule has 2 aliphatic rings. The summed E-state index contributed by atoms with van der Waals surface area (Å²) in [7, 11) is -3.37. The Labute approximate surface area is 133 Å². The molecule has 2 saturated heterocycles. The predicted molar refractivity (Wildman–Crippen MR) is 87.5 cm³/mol. The number of pyridine rings is 1. The highest BCUT2D eigenvalue weighted by Gasteiger charge is 2.26. The van der Waals surface area contributed by atoms with Gasteiger partial charge in [-0.05, 0) is 43.7 Å². The van der Waals surface area contributed by atoms with Gasteiger partial charge < -0.3 is 4.90 Å². The second-order valence-corrected chi connectivity index (χ2v) is 8.45. The van der Waals surface area contributed by atoms with E-state index >= 15 is 0 Å². The number of hydrogen-bond donors (Lipinski definition) is 0. The summed E-state index contributed by atoms with van der Waals surface area (Å²) >= 11 is 0. The number of nitrogens with zero attached hydrogens (tertiary/aromatic N) is 3. The van der Waals surface area contributed by atoms with Gasteiger partial charge in [0.05, 0.1) is 0 Å². The topological polar surface area (TPSA) is 53.5 Å². The van der Waals surface area contributed by atoms with E-state index in [0.717, 1.165) is 38.2 Å². The molecule has 3 heterocycles. The van der Waals surface area contributed by atoms with Gasteiger partial charge in [-0.15, -0.1) is 0 Å². The monoisotopic (exact) mass is 323 g/mol. The summed E-state index contributed by atoms with van der Waals surface area (Å²) in [5.74, 6) is 1.57. The van der Waals surface area contributed by atoms with Crippen LogP contribution < -0.4 is 4.90 Å². The molecule has 22 heavy (non-hydrogen) atoms. The Balaban J connectivity index is 1.75. The summed E-state index contributed by atoms with van der Waals surface area (Å²) in [5, 5.41) is 0. The Bertz CT molecular complexity index is 594. The fraction of sp³-hybridized carbons (Fsp3) is 0.688. The highest BCUT2D eigenvalue weighted by molar-refractivity contribution is 7.89. The minimum Gasteiger partial charge on any atom is -0.356 e. The van der Waals surface area contributed by atoms with Crippen molar-refractivity contribution in [2.75, 3.05) is 31.1 Å². The molecule has 5 nitrogen and oxygen atoms in total. The molecule has 0 N–H and O–H groups in total. The van der Waals surface area contributed by atoms with E-state index < -0.39 is 10.0 Å². The third kappa shape index (κ3) is 3.27. The van der Waals surface area contributed by atoms with E-state index in [1.807, 2.05) is 6.07 Å². The van der Waals surface area contributed by atoms with Crippen LogP contribution in [0, 0.1) is 5.92 Å². The van der Waals surface area contributed by atoms with Crippen molar-refractivity contribution in [3.05, 3.63) is 18.3 Å². The first-order valence-electron chi connectivity index (χ1n) is 8.28. The van der Waals surface area contributed by atoms with E-state index in [0.29, 0.717) is 23.9 Å². The maximum Gasteiger partial charge on any atom is 0.244 e. The Kier molecular flexibility index (Phi) is 4.68. The molecule has 6 heteroatoms. The lowest BCUT2D eigenvalue weighted by Crippen LogP contribution is -2.36. The van der Waals surface area contributed by atoms with Crippen molar-refractivity contribution in [2.24, 2.45) is 5.92 Å². The van der Waals surface area contributed by atoms with E-state index in [-0.39, 0.29) is 0 Å². The predicted octanol–water partition coefficient (Wildman–Crippen LogP) is 2.49. The van der Waals surface area contributed by atoms with Crippen molar-refractivity contribution in [3.8, 4) is 0 Å². The molecule has 2 aliphatic heterocycles. The van der Waals surface area contributed by atoms with Crippen molar-refractivity contribution < 1.29 is 8.42 Å². The Morgan fingerprint density at radius 3 is 2.50 bits per heavy atom. The second kappa shape index (κ2) is 6.54. The standard InChI is InChI=1S/C16H25N3O2S/c1-14-6-5-9-18(13-14)16-8-7-15(12-17-16)22(20,21)19-10-3-2-4-11-19/h7-8,12,14H,2-6,9-11,13H2,1H3/t14-/m0/s1. The van der Waals surface area contributed by atoms with Crippen LogP contribution in [0.3, 0.4) is 0 Å². The fourth-order valence-corrected chi connectivity index (χ4v) is 4.83. The van der Waals surface area contributed by atoms with Gasteiger partial charge in [0, 0.05) is 32.4 Å². The lowest BCUT2D eigenvalue weighted by Gasteiger charge is -2.32. The van der Waals surface area contributed by atoms with Crippen LogP contribution in [0.5, 0.6) is 0 Å². The van der Waals surface area contributed by atoms with Crippen LogP contribution in [-0.2, 0) is 10.0 Å². The molecule has 1 atom stereocenters. The van der Waals surface area contributed by atoms with E-state index in [9.17, 15) is 8.42 Å². The smallest absolute Gasteiger partial charge is 0.244 e. The van der Waals surface area contributed by atoms with Gasteiger partial charge in [0.2, 0.25) is 10.0 Å². The number of aromatic nitrogens is 1. The van der Waals surface area contributed by atoms with E-state index in [1.54, 1.807) is 10.4 Å². The SMILES string of the molecule is C[C@H]1CCCN(c2ccc(S(=O)(=O)N3CCCCC3)cn2)C1. The highest BCUT2D eigenvalue weighted by atomic mass is 32.2. The van der Waals surface area contributed by atoms with Crippen LogP contribution in [0.25, 0.3) is 0 Å². The number of piperidine rings is 2. The highest BCUT2D eigenvalue weighted by Crippen LogP contribution is 2.24. The molecular weight excluding hydrogens is 298 g/mol. The van der Waals surface area contributed by atoms with Crippen molar-refractivity contribution in [2.45, 2.75) is 43.9 Å². The summed E-state index contributed by atoms with van der Waals surface area (Å²) < 4.78 is 26.8. The van der Waals surface area contributed by atoms with Crippen LogP contribution in [-0.4, -0.2) is 43.9 Å². The zero-order valence-electron chi connectivity index (χ0n) is 13.2. The molecule has 0 unspecified atom stereocenters. The molecule has 0 aliphatic carbocycles. The maximum atomic E-state index is 12.6. The largest absolute Gasteiger partial charge is 0.356 e. The minimum atomic E-state index is -3.37. The first-order chi connectivity index (χ1) is 10.6. The summed E-state index contributed by atoms with van der Waals surface area (Å²) in [4.78, 5) is 7.00. The van der Waals surface area contributed by atoms with E-state index in [4.69, 9.17) is 0 Å². The third-order valence-corrected chi connectivity index (χ3v) is 6.54. The molecule has 0 amide bonds. The molecule has 3 rings (SSSR count). The van der Waals surface area contributed by atoms with Gasteiger partial charge in [-0.3, -0.25) is 0 Å². The van der Waals surface area contributed by atoms with Crippen LogP contribution in [0.4, 0.5) is 5.82 Å². The molecule has 0 aromatic carbocycles. The average Bonchev–Trinajstić information content (AvgIpc) is 2.56. The van der Waals surface area contributed by atoms with Gasteiger partial charge in [-0.2, -0.15) is 4.31 Å². The zero-order valence-corrected chi connectivity index (χ0v) is 14.1. The van der Waals surface area contributed by atoms with Gasteiger partial charge in [-0.25, -0.2) is 13.4 Å². The summed E-state index contributed by atoms with van der Waals surface area (Å²) in [6.07, 6.45) is 7.00. The molecule has 0 radical (unpaired) electrons. The minimum absolute atomic E-state index is 0.322. The molecule has 0 saturated carbocycles. The summed E-state index contributed by atoms with van der Waals surface area (Å²) in [5.41, 5.74) is 0. The van der Waals surface area contributed by atoms with Crippen molar-refractivity contribution in [1.29, 1.82) is 0 Å². The Hall–Kier alpha value is -1.14. The summed E-state index contributed by atoms with van der Waals surface area (Å²) in [6.45, 7) is 5.53. The van der Waals surface area contributed by atoms with Gasteiger partial charge in [0.25, 0.3) is 0 Å². The van der Waals surface area contributed by atoms with E-state index in [2.05, 4.69) is 16.8 Å². The molecular formula is C16H25N3O2S. The van der Waals surface area contributed by atoms with Crippen LogP contribution in [0.2, 0.25) is 0 Å². The Morgan fingerprint density at radius 1 is 1.09 bits per heavy atom. The fourth-order valence-electron chi connectivity index (χ4n) is 3.36. The molecule has 122 valence electrons. The van der Waals surface area contributed by atoms with Gasteiger partial charge in [-0.1, -0.05) is 13.3 Å². The summed E-state index contributed by atoms with van der Waals surface area (Å²) in [6, 6.07) is 3.57. The average molecular weight is 323 g/mol. The zero-order chi connectivity index (χ0) is 15.6. The van der Waals surface area contributed by atoms with Gasteiger partial charge in [0.1, 0.15) is 10.7 Å². The van der Waals surface area contributed by atoms with Crippen LogP contribution >= 0.6 is 0 Å². The van der Waals surface area contributed by atoms with Crippen molar-refractivity contribution in [3.63, 3.8) is 0 Å². The van der Waals surface area contributed by atoms with Crippen LogP contribution in [0.15, 0.2) is 23.2 Å². The Morgan fingerprint density at radius 2 is 1.86 bits per heavy atom.